The van der Waals surface area contributed by atoms with Crippen LogP contribution < -0.4 is 5.32 Å². The lowest BCUT2D eigenvalue weighted by atomic mass is 10.2. The highest BCUT2D eigenvalue weighted by molar-refractivity contribution is 9.10. The van der Waals surface area contributed by atoms with Crippen LogP contribution in [-0.4, -0.2) is 4.98 Å². The molecule has 1 N–H and O–H groups in total. The molecule has 0 saturated heterocycles. The van der Waals surface area contributed by atoms with Crippen LogP contribution in [0.25, 0.3) is 0 Å². The molecule has 1 heterocycles. The van der Waals surface area contributed by atoms with Crippen molar-refractivity contribution >= 4 is 37.5 Å². The van der Waals surface area contributed by atoms with Crippen molar-refractivity contribution in [3.63, 3.8) is 0 Å². The Bertz CT molecular complexity index is 486. The maximum atomic E-state index is 4.08. The van der Waals surface area contributed by atoms with E-state index in [0.29, 0.717) is 0 Å². The molecule has 16 heavy (non-hydrogen) atoms. The van der Waals surface area contributed by atoms with Crippen molar-refractivity contribution in [2.75, 3.05) is 5.32 Å². The van der Waals surface area contributed by atoms with Gasteiger partial charge >= 0.3 is 0 Å². The van der Waals surface area contributed by atoms with E-state index in [2.05, 4.69) is 48.2 Å². The second kappa shape index (κ2) is 5.46. The third-order valence-corrected chi connectivity index (χ3v) is 3.37. The minimum Gasteiger partial charge on any atom is -0.381 e. The van der Waals surface area contributed by atoms with Gasteiger partial charge in [-0.1, -0.05) is 34.1 Å². The van der Waals surface area contributed by atoms with Crippen LogP contribution in [0.5, 0.6) is 0 Å². The van der Waals surface area contributed by atoms with E-state index >= 15 is 0 Å². The Kier molecular flexibility index (Phi) is 3.96. The molecule has 0 atom stereocenters. The highest BCUT2D eigenvalue weighted by Crippen LogP contribution is 2.18. The van der Waals surface area contributed by atoms with Crippen molar-refractivity contribution < 1.29 is 0 Å². The molecule has 0 unspecified atom stereocenters. The Hall–Kier alpha value is -0.870. The van der Waals surface area contributed by atoms with E-state index in [1.807, 2.05) is 30.3 Å². The highest BCUT2D eigenvalue weighted by atomic mass is 79.9. The van der Waals surface area contributed by atoms with Gasteiger partial charge in [-0.2, -0.15) is 0 Å². The zero-order chi connectivity index (χ0) is 11.4. The van der Waals surface area contributed by atoms with Gasteiger partial charge < -0.3 is 5.32 Å². The molecule has 2 aromatic rings. The molecule has 0 saturated carbocycles. The predicted molar refractivity (Wildman–Crippen MR) is 73.4 cm³/mol. The molecule has 0 aliphatic carbocycles. The third-order valence-electron chi connectivity index (χ3n) is 2.17. The molecular weight excluding hydrogens is 332 g/mol. The highest BCUT2D eigenvalue weighted by Gasteiger charge is 1.98. The fourth-order valence-electron chi connectivity index (χ4n) is 1.35. The molecule has 0 bridgehead atoms. The van der Waals surface area contributed by atoms with Crippen molar-refractivity contribution in [3.05, 3.63) is 57.2 Å². The van der Waals surface area contributed by atoms with Gasteiger partial charge in [0.25, 0.3) is 0 Å². The maximum absolute atomic E-state index is 4.08. The normalized spacial score (nSPS) is 10.1. The van der Waals surface area contributed by atoms with Crippen molar-refractivity contribution in [2.45, 2.75) is 6.54 Å². The number of pyridine rings is 1. The summed E-state index contributed by atoms with van der Waals surface area (Å²) in [6.45, 7) is 0.790. The van der Waals surface area contributed by atoms with Crippen molar-refractivity contribution in [1.29, 1.82) is 0 Å². The fourth-order valence-corrected chi connectivity index (χ4v) is 2.14. The molecule has 0 aliphatic heterocycles. The summed E-state index contributed by atoms with van der Waals surface area (Å²) in [5.41, 5.74) is 2.29. The van der Waals surface area contributed by atoms with Gasteiger partial charge in [0.05, 0.1) is 0 Å². The second-order valence-electron chi connectivity index (χ2n) is 3.31. The molecule has 0 amide bonds. The Morgan fingerprint density at radius 3 is 2.69 bits per heavy atom. The van der Waals surface area contributed by atoms with E-state index in [1.165, 1.54) is 5.56 Å². The average Bonchev–Trinajstić information content (AvgIpc) is 2.28. The minimum absolute atomic E-state index is 0.790. The second-order valence-corrected chi connectivity index (χ2v) is 4.98. The maximum Gasteiger partial charge on any atom is 0.108 e. The van der Waals surface area contributed by atoms with E-state index in [9.17, 15) is 0 Å². The number of nitrogens with zero attached hydrogens (tertiary/aromatic N) is 1. The molecule has 0 aliphatic rings. The van der Waals surface area contributed by atoms with Gasteiger partial charge in [0.2, 0.25) is 0 Å². The first kappa shape index (κ1) is 11.6. The number of anilines is 1. The van der Waals surface area contributed by atoms with Crippen LogP contribution >= 0.6 is 31.9 Å². The van der Waals surface area contributed by atoms with Gasteiger partial charge in [0, 0.05) is 22.9 Å². The number of hydrogen-bond donors (Lipinski definition) is 1. The first-order valence-electron chi connectivity index (χ1n) is 4.84. The minimum atomic E-state index is 0.790. The summed E-state index contributed by atoms with van der Waals surface area (Å²) < 4.78 is 1.96. The number of aromatic nitrogens is 1. The van der Waals surface area contributed by atoms with Crippen LogP contribution in [0, 0.1) is 0 Å². The molecule has 2 nitrogen and oxygen atoms in total. The van der Waals surface area contributed by atoms with Crippen molar-refractivity contribution in [2.24, 2.45) is 0 Å². The first-order valence-corrected chi connectivity index (χ1v) is 6.43. The lowest BCUT2D eigenvalue weighted by Crippen LogP contribution is -2.00. The van der Waals surface area contributed by atoms with E-state index in [0.717, 1.165) is 21.3 Å². The number of halogens is 2. The Morgan fingerprint density at radius 1 is 1.12 bits per heavy atom. The number of benzene rings is 1. The average molecular weight is 342 g/mol. The smallest absolute Gasteiger partial charge is 0.108 e. The summed E-state index contributed by atoms with van der Waals surface area (Å²) in [5, 5.41) is 3.34. The Morgan fingerprint density at radius 2 is 1.94 bits per heavy atom. The summed E-state index contributed by atoms with van der Waals surface area (Å²) in [6, 6.07) is 12.1. The van der Waals surface area contributed by atoms with Crippen LogP contribution in [0.15, 0.2) is 51.7 Å². The molecular formula is C12H10Br2N2. The monoisotopic (exact) mass is 340 g/mol. The lowest BCUT2D eigenvalue weighted by Gasteiger charge is -2.07. The fraction of sp³-hybridized carbons (Fsp3) is 0.0833. The van der Waals surface area contributed by atoms with Crippen LogP contribution in [0.1, 0.15) is 5.56 Å². The standard InChI is InChI=1S/C12H10Br2N2/c13-11-4-2-1-3-9(11)8-16-10-5-6-15-12(14)7-10/h1-7H,8H2,(H,15,16). The topological polar surface area (TPSA) is 24.9 Å². The van der Waals surface area contributed by atoms with E-state index < -0.39 is 0 Å². The quantitative estimate of drug-likeness (QED) is 0.845. The van der Waals surface area contributed by atoms with Gasteiger partial charge in [-0.05, 0) is 39.7 Å². The molecule has 82 valence electrons. The largest absolute Gasteiger partial charge is 0.381 e. The van der Waals surface area contributed by atoms with E-state index in [1.54, 1.807) is 6.20 Å². The van der Waals surface area contributed by atoms with Gasteiger partial charge in [-0.25, -0.2) is 4.98 Å². The van der Waals surface area contributed by atoms with Crippen LogP contribution in [0.3, 0.4) is 0 Å². The van der Waals surface area contributed by atoms with Crippen LogP contribution in [0.2, 0.25) is 0 Å². The molecule has 0 radical (unpaired) electrons. The first-order chi connectivity index (χ1) is 7.75. The molecule has 1 aromatic heterocycles. The van der Waals surface area contributed by atoms with Gasteiger partial charge in [-0.3, -0.25) is 0 Å². The predicted octanol–water partition coefficient (Wildman–Crippen LogP) is 4.22. The summed E-state index contributed by atoms with van der Waals surface area (Å²) in [6.07, 6.45) is 1.77. The molecule has 2 rings (SSSR count). The van der Waals surface area contributed by atoms with E-state index in [4.69, 9.17) is 0 Å². The van der Waals surface area contributed by atoms with E-state index in [-0.39, 0.29) is 0 Å². The van der Waals surface area contributed by atoms with Gasteiger partial charge in [0.15, 0.2) is 0 Å². The zero-order valence-corrected chi connectivity index (χ0v) is 11.6. The van der Waals surface area contributed by atoms with Crippen molar-refractivity contribution in [1.82, 2.24) is 4.98 Å². The number of hydrogen-bond acceptors (Lipinski definition) is 2. The molecule has 1 aromatic carbocycles. The summed E-state index contributed by atoms with van der Waals surface area (Å²) in [5.74, 6) is 0. The summed E-state index contributed by atoms with van der Waals surface area (Å²) in [7, 11) is 0. The van der Waals surface area contributed by atoms with Gasteiger partial charge in [0.1, 0.15) is 4.60 Å². The summed E-state index contributed by atoms with van der Waals surface area (Å²) in [4.78, 5) is 4.08. The Balaban J connectivity index is 2.05. The van der Waals surface area contributed by atoms with Crippen molar-refractivity contribution in [3.8, 4) is 0 Å². The van der Waals surface area contributed by atoms with Crippen LogP contribution in [0.4, 0.5) is 5.69 Å². The molecule has 0 fully saturated rings. The Labute approximate surface area is 111 Å². The number of rotatable bonds is 3. The molecule has 0 spiro atoms. The summed E-state index contributed by atoms with van der Waals surface area (Å²) >= 11 is 6.87. The SMILES string of the molecule is Brc1cc(NCc2ccccc2Br)ccn1. The molecule has 4 heteroatoms. The van der Waals surface area contributed by atoms with Crippen LogP contribution in [-0.2, 0) is 6.54 Å². The third kappa shape index (κ3) is 3.06. The van der Waals surface area contributed by atoms with Gasteiger partial charge in [-0.15, -0.1) is 0 Å². The number of nitrogens with one attached hydrogen (secondary N) is 1. The lowest BCUT2D eigenvalue weighted by molar-refractivity contribution is 1.13. The zero-order valence-electron chi connectivity index (χ0n) is 8.45.